The molecule has 2 fully saturated rings. The minimum atomic E-state index is 0.445. The molecule has 108 valence electrons. The van der Waals surface area contributed by atoms with Crippen molar-refractivity contribution in [2.75, 3.05) is 13.7 Å². The van der Waals surface area contributed by atoms with Crippen LogP contribution in [0.25, 0.3) is 0 Å². The summed E-state index contributed by atoms with van der Waals surface area (Å²) in [5.41, 5.74) is 5.12. The summed E-state index contributed by atoms with van der Waals surface area (Å²) in [6.45, 7) is 3.45. The molecule has 1 aromatic rings. The van der Waals surface area contributed by atoms with Crippen molar-refractivity contribution >= 4 is 0 Å². The third kappa shape index (κ3) is 1.60. The van der Waals surface area contributed by atoms with Crippen molar-refractivity contribution < 1.29 is 4.74 Å². The van der Waals surface area contributed by atoms with Gasteiger partial charge in [-0.1, -0.05) is 12.8 Å². The highest BCUT2D eigenvalue weighted by molar-refractivity contribution is 5.49. The lowest BCUT2D eigenvalue weighted by Crippen LogP contribution is -2.59. The Morgan fingerprint density at radius 3 is 3.00 bits per heavy atom. The number of piperidine rings is 1. The highest BCUT2D eigenvalue weighted by atomic mass is 16.5. The zero-order valence-corrected chi connectivity index (χ0v) is 12.7. The van der Waals surface area contributed by atoms with Crippen molar-refractivity contribution in [2.24, 2.45) is 5.92 Å². The standard InChI is InChI=1S/C18H25NO/c1-12-9-13(20-2)10-16-14(12)11-17-15-5-3-4-6-18(15,16)7-8-19-17/h9-10,15,17,19H,3-8,11H2,1-2H3/t15-,17+,18+/m0/s1. The molecule has 1 aromatic carbocycles. The number of methoxy groups -OCH3 is 1. The Labute approximate surface area is 121 Å². The summed E-state index contributed by atoms with van der Waals surface area (Å²) in [6, 6.07) is 5.29. The molecular formula is C18H25NO. The van der Waals surface area contributed by atoms with E-state index in [4.69, 9.17) is 4.74 Å². The first-order chi connectivity index (χ1) is 9.74. The summed E-state index contributed by atoms with van der Waals surface area (Å²) in [6.07, 6.45) is 8.15. The highest BCUT2D eigenvalue weighted by Gasteiger charge is 2.51. The average Bonchev–Trinajstić information content (AvgIpc) is 2.48. The van der Waals surface area contributed by atoms with Gasteiger partial charge in [0.15, 0.2) is 0 Å². The Kier molecular flexibility index (Phi) is 2.85. The van der Waals surface area contributed by atoms with Crippen LogP contribution in [-0.4, -0.2) is 19.7 Å². The van der Waals surface area contributed by atoms with Crippen LogP contribution in [0.15, 0.2) is 12.1 Å². The van der Waals surface area contributed by atoms with Crippen LogP contribution in [-0.2, 0) is 11.8 Å². The molecule has 0 spiro atoms. The maximum absolute atomic E-state index is 5.56. The molecule has 3 atom stereocenters. The Morgan fingerprint density at radius 2 is 2.15 bits per heavy atom. The fourth-order valence-electron chi connectivity index (χ4n) is 5.31. The second-order valence-electron chi connectivity index (χ2n) is 6.99. The fourth-order valence-corrected chi connectivity index (χ4v) is 5.31. The lowest BCUT2D eigenvalue weighted by Gasteiger charge is -2.56. The third-order valence-electron chi connectivity index (χ3n) is 6.20. The third-order valence-corrected chi connectivity index (χ3v) is 6.20. The van der Waals surface area contributed by atoms with Gasteiger partial charge in [0.25, 0.3) is 0 Å². The van der Waals surface area contributed by atoms with E-state index in [1.807, 2.05) is 0 Å². The first kappa shape index (κ1) is 12.7. The molecule has 1 saturated heterocycles. The number of rotatable bonds is 1. The van der Waals surface area contributed by atoms with Gasteiger partial charge in [-0.3, -0.25) is 0 Å². The molecular weight excluding hydrogens is 246 g/mol. The number of nitrogens with one attached hydrogen (secondary N) is 1. The number of fused-ring (bicyclic) bond motifs is 1. The fraction of sp³-hybridized carbons (Fsp3) is 0.667. The molecule has 1 saturated carbocycles. The molecule has 0 amide bonds. The SMILES string of the molecule is COc1cc(C)c2c(c1)[C@@]13CCCC[C@H]1[C@@H](C2)NCC3. The maximum Gasteiger partial charge on any atom is 0.119 e. The minimum Gasteiger partial charge on any atom is -0.497 e. The van der Waals surface area contributed by atoms with Crippen LogP contribution in [0.1, 0.15) is 48.8 Å². The van der Waals surface area contributed by atoms with Gasteiger partial charge in [-0.2, -0.15) is 0 Å². The van der Waals surface area contributed by atoms with Crippen LogP contribution in [0.4, 0.5) is 0 Å². The molecule has 2 heteroatoms. The van der Waals surface area contributed by atoms with E-state index >= 15 is 0 Å². The Balaban J connectivity index is 1.92. The summed E-state index contributed by atoms with van der Waals surface area (Å²) in [5, 5.41) is 3.81. The smallest absolute Gasteiger partial charge is 0.119 e. The van der Waals surface area contributed by atoms with Crippen LogP contribution in [0.5, 0.6) is 5.75 Å². The van der Waals surface area contributed by atoms with Gasteiger partial charge >= 0.3 is 0 Å². The molecule has 20 heavy (non-hydrogen) atoms. The van der Waals surface area contributed by atoms with E-state index in [9.17, 15) is 0 Å². The van der Waals surface area contributed by atoms with Gasteiger partial charge in [0.2, 0.25) is 0 Å². The normalized spacial score (nSPS) is 35.1. The summed E-state index contributed by atoms with van der Waals surface area (Å²) < 4.78 is 5.56. The van der Waals surface area contributed by atoms with Crippen LogP contribution < -0.4 is 10.1 Å². The van der Waals surface area contributed by atoms with Gasteiger partial charge in [0.05, 0.1) is 7.11 Å². The van der Waals surface area contributed by atoms with Gasteiger partial charge in [-0.15, -0.1) is 0 Å². The number of ether oxygens (including phenoxy) is 1. The van der Waals surface area contributed by atoms with Crippen molar-refractivity contribution in [3.05, 3.63) is 28.8 Å². The van der Waals surface area contributed by atoms with Crippen LogP contribution >= 0.6 is 0 Å². The van der Waals surface area contributed by atoms with Crippen LogP contribution in [0.2, 0.25) is 0 Å². The molecule has 2 aliphatic carbocycles. The van der Waals surface area contributed by atoms with Crippen LogP contribution in [0.3, 0.4) is 0 Å². The molecule has 3 aliphatic rings. The van der Waals surface area contributed by atoms with E-state index in [0.29, 0.717) is 11.5 Å². The van der Waals surface area contributed by atoms with E-state index in [2.05, 4.69) is 24.4 Å². The maximum atomic E-state index is 5.56. The first-order valence-corrected chi connectivity index (χ1v) is 8.16. The van der Waals surface area contributed by atoms with E-state index in [1.54, 1.807) is 18.2 Å². The molecule has 0 radical (unpaired) electrons. The molecule has 1 N–H and O–H groups in total. The van der Waals surface area contributed by atoms with E-state index in [1.165, 1.54) is 50.6 Å². The van der Waals surface area contributed by atoms with Crippen molar-refractivity contribution in [2.45, 2.75) is 56.9 Å². The molecule has 2 bridgehead atoms. The summed E-state index contributed by atoms with van der Waals surface area (Å²) in [4.78, 5) is 0. The number of benzene rings is 1. The molecule has 2 nitrogen and oxygen atoms in total. The molecule has 1 aliphatic heterocycles. The number of aryl methyl sites for hydroxylation is 1. The second-order valence-corrected chi connectivity index (χ2v) is 6.99. The van der Waals surface area contributed by atoms with Gasteiger partial charge < -0.3 is 10.1 Å². The molecule has 0 aromatic heterocycles. The second kappa shape index (κ2) is 4.49. The van der Waals surface area contributed by atoms with Gasteiger partial charge in [0.1, 0.15) is 5.75 Å². The number of hydrogen-bond donors (Lipinski definition) is 1. The first-order valence-electron chi connectivity index (χ1n) is 8.16. The van der Waals surface area contributed by atoms with Crippen molar-refractivity contribution in [3.63, 3.8) is 0 Å². The molecule has 0 unspecified atom stereocenters. The highest BCUT2D eigenvalue weighted by Crippen LogP contribution is 2.54. The monoisotopic (exact) mass is 271 g/mol. The lowest BCUT2D eigenvalue weighted by molar-refractivity contribution is 0.0793. The average molecular weight is 271 g/mol. The quantitative estimate of drug-likeness (QED) is 0.846. The summed E-state index contributed by atoms with van der Waals surface area (Å²) in [7, 11) is 1.80. The topological polar surface area (TPSA) is 21.3 Å². The molecule has 1 heterocycles. The zero-order valence-electron chi connectivity index (χ0n) is 12.7. The largest absolute Gasteiger partial charge is 0.497 e. The van der Waals surface area contributed by atoms with Crippen molar-refractivity contribution in [3.8, 4) is 5.75 Å². The van der Waals surface area contributed by atoms with Crippen LogP contribution in [0, 0.1) is 12.8 Å². The zero-order chi connectivity index (χ0) is 13.7. The van der Waals surface area contributed by atoms with Gasteiger partial charge in [0, 0.05) is 11.5 Å². The Bertz CT molecular complexity index is 534. The van der Waals surface area contributed by atoms with E-state index in [-0.39, 0.29) is 0 Å². The van der Waals surface area contributed by atoms with Gasteiger partial charge in [-0.05, 0) is 73.9 Å². The lowest BCUT2D eigenvalue weighted by atomic mass is 9.52. The van der Waals surface area contributed by atoms with Gasteiger partial charge in [-0.25, -0.2) is 0 Å². The van der Waals surface area contributed by atoms with E-state index in [0.717, 1.165) is 11.7 Å². The predicted molar refractivity (Wildman–Crippen MR) is 81.5 cm³/mol. The van der Waals surface area contributed by atoms with Crippen molar-refractivity contribution in [1.82, 2.24) is 5.32 Å². The summed E-state index contributed by atoms with van der Waals surface area (Å²) >= 11 is 0. The Morgan fingerprint density at radius 1 is 1.25 bits per heavy atom. The summed E-state index contributed by atoms with van der Waals surface area (Å²) in [5.74, 6) is 1.90. The number of hydrogen-bond acceptors (Lipinski definition) is 2. The minimum absolute atomic E-state index is 0.445. The predicted octanol–water partition coefficient (Wildman–Crippen LogP) is 3.35. The molecule has 4 rings (SSSR count). The van der Waals surface area contributed by atoms with Crippen molar-refractivity contribution in [1.29, 1.82) is 0 Å². The Hall–Kier alpha value is -1.02. The van der Waals surface area contributed by atoms with E-state index < -0.39 is 0 Å².